The number of nitrogens with one attached hydrogen (secondary N) is 1. The van der Waals surface area contributed by atoms with E-state index in [2.05, 4.69) is 5.32 Å². The molecule has 3 aromatic rings. The molecule has 0 bridgehead atoms. The van der Waals surface area contributed by atoms with E-state index in [1.54, 1.807) is 25.3 Å². The number of nitrogens with zero attached hydrogens (tertiary/aromatic N) is 2. The molecular formula is C35H45N3O7S. The lowest BCUT2D eigenvalue weighted by molar-refractivity contribution is -0.140. The third-order valence-corrected chi connectivity index (χ3v) is 10.1. The molecule has 1 N–H and O–H groups in total. The summed E-state index contributed by atoms with van der Waals surface area (Å²) >= 11 is 0. The molecule has 0 radical (unpaired) electrons. The van der Waals surface area contributed by atoms with E-state index in [4.69, 9.17) is 14.2 Å². The Bertz CT molecular complexity index is 1620. The number of amides is 2. The van der Waals surface area contributed by atoms with Gasteiger partial charge in [-0.15, -0.1) is 0 Å². The summed E-state index contributed by atoms with van der Waals surface area (Å²) in [7, 11) is 0.160. The van der Waals surface area contributed by atoms with Crippen LogP contribution in [0.4, 0.5) is 5.69 Å². The van der Waals surface area contributed by atoms with Gasteiger partial charge in [0.05, 0.1) is 31.9 Å². The first-order valence-corrected chi connectivity index (χ1v) is 17.0. The van der Waals surface area contributed by atoms with Crippen molar-refractivity contribution in [1.29, 1.82) is 0 Å². The molecule has 1 atom stereocenters. The van der Waals surface area contributed by atoms with E-state index in [1.807, 2.05) is 45.0 Å². The maximum atomic E-state index is 14.5. The van der Waals surface area contributed by atoms with Crippen LogP contribution in [0, 0.1) is 13.8 Å². The topological polar surface area (TPSA) is 114 Å². The number of anilines is 1. The number of sulfonamides is 1. The van der Waals surface area contributed by atoms with E-state index < -0.39 is 28.5 Å². The average molecular weight is 652 g/mol. The highest BCUT2D eigenvalue weighted by atomic mass is 32.2. The SMILES string of the molecule is CCC(C(=O)NC1CCCC1)N(Cc1cccc(OC)c1)C(=O)CN(c1cc(C)cc(C)c1)S(=O)(=O)c1ccc(OC)c(OC)c1. The largest absolute Gasteiger partial charge is 0.497 e. The van der Waals surface area contributed by atoms with Crippen LogP contribution >= 0.6 is 0 Å². The molecule has 10 nitrogen and oxygen atoms in total. The molecular weight excluding hydrogens is 606 g/mol. The van der Waals surface area contributed by atoms with E-state index in [0.717, 1.165) is 46.7 Å². The van der Waals surface area contributed by atoms with Gasteiger partial charge in [0.1, 0.15) is 18.3 Å². The summed E-state index contributed by atoms with van der Waals surface area (Å²) in [5.41, 5.74) is 2.77. The van der Waals surface area contributed by atoms with Gasteiger partial charge in [-0.2, -0.15) is 0 Å². The van der Waals surface area contributed by atoms with Gasteiger partial charge >= 0.3 is 0 Å². The molecule has 0 spiro atoms. The lowest BCUT2D eigenvalue weighted by Crippen LogP contribution is -2.53. The van der Waals surface area contributed by atoms with Crippen molar-refractivity contribution in [1.82, 2.24) is 10.2 Å². The molecule has 11 heteroatoms. The van der Waals surface area contributed by atoms with Gasteiger partial charge in [0.2, 0.25) is 11.8 Å². The molecule has 2 amide bonds. The van der Waals surface area contributed by atoms with Crippen molar-refractivity contribution >= 4 is 27.5 Å². The summed E-state index contributed by atoms with van der Waals surface area (Å²) in [5.74, 6) is 0.468. The molecule has 1 aliphatic carbocycles. The van der Waals surface area contributed by atoms with Crippen molar-refractivity contribution in [2.45, 2.75) is 76.4 Å². The number of benzene rings is 3. The number of hydrogen-bond donors (Lipinski definition) is 1. The zero-order valence-corrected chi connectivity index (χ0v) is 28.4. The predicted octanol–water partition coefficient (Wildman–Crippen LogP) is 5.39. The molecule has 0 aliphatic heterocycles. The van der Waals surface area contributed by atoms with E-state index >= 15 is 0 Å². The maximum absolute atomic E-state index is 14.5. The Kier molecular flexibility index (Phi) is 11.6. The van der Waals surface area contributed by atoms with Crippen molar-refractivity contribution < 1.29 is 32.2 Å². The highest BCUT2D eigenvalue weighted by Crippen LogP contribution is 2.33. The lowest BCUT2D eigenvalue weighted by Gasteiger charge is -2.34. The highest BCUT2D eigenvalue weighted by Gasteiger charge is 2.35. The fraction of sp³-hybridized carbons (Fsp3) is 0.429. The van der Waals surface area contributed by atoms with Crippen LogP contribution in [0.3, 0.4) is 0 Å². The third-order valence-electron chi connectivity index (χ3n) is 8.29. The number of rotatable bonds is 14. The number of carbonyl (C=O) groups is 2. The van der Waals surface area contributed by atoms with Gasteiger partial charge in [0.25, 0.3) is 10.0 Å². The number of ether oxygens (including phenoxy) is 3. The van der Waals surface area contributed by atoms with Gasteiger partial charge in [-0.05, 0) is 86.2 Å². The molecule has 4 rings (SSSR count). The van der Waals surface area contributed by atoms with Crippen LogP contribution in [-0.4, -0.2) is 65.1 Å². The minimum atomic E-state index is -4.30. The predicted molar refractivity (Wildman–Crippen MR) is 178 cm³/mol. The van der Waals surface area contributed by atoms with E-state index in [0.29, 0.717) is 23.6 Å². The number of methoxy groups -OCH3 is 3. The lowest BCUT2D eigenvalue weighted by atomic mass is 10.1. The summed E-state index contributed by atoms with van der Waals surface area (Å²) in [6, 6.07) is 16.3. The number of carbonyl (C=O) groups excluding carboxylic acids is 2. The molecule has 248 valence electrons. The molecule has 46 heavy (non-hydrogen) atoms. The Morgan fingerprint density at radius 2 is 1.57 bits per heavy atom. The van der Waals surface area contributed by atoms with Gasteiger partial charge < -0.3 is 24.4 Å². The van der Waals surface area contributed by atoms with Crippen molar-refractivity contribution in [2.24, 2.45) is 0 Å². The van der Waals surface area contributed by atoms with Crippen molar-refractivity contribution in [3.63, 3.8) is 0 Å². The fourth-order valence-corrected chi connectivity index (χ4v) is 7.40. The van der Waals surface area contributed by atoms with E-state index in [-0.39, 0.29) is 29.1 Å². The molecule has 1 fully saturated rings. The summed E-state index contributed by atoms with van der Waals surface area (Å²) < 4.78 is 46.0. The first-order valence-electron chi connectivity index (χ1n) is 15.6. The Labute approximate surface area is 272 Å². The van der Waals surface area contributed by atoms with Crippen LogP contribution < -0.4 is 23.8 Å². The summed E-state index contributed by atoms with van der Waals surface area (Å²) in [4.78, 5) is 29.6. The van der Waals surface area contributed by atoms with Crippen LogP contribution in [0.15, 0.2) is 65.6 Å². The van der Waals surface area contributed by atoms with E-state index in [1.165, 1.54) is 37.3 Å². The van der Waals surface area contributed by atoms with Crippen LogP contribution in [0.25, 0.3) is 0 Å². The average Bonchev–Trinajstić information content (AvgIpc) is 3.55. The van der Waals surface area contributed by atoms with Gasteiger partial charge in [-0.1, -0.05) is 38.0 Å². The van der Waals surface area contributed by atoms with Crippen LogP contribution in [0.5, 0.6) is 17.2 Å². The Balaban J connectivity index is 1.78. The summed E-state index contributed by atoms with van der Waals surface area (Å²) in [6.07, 6.45) is 4.24. The molecule has 1 aliphatic rings. The monoisotopic (exact) mass is 651 g/mol. The van der Waals surface area contributed by atoms with Gasteiger partial charge in [0, 0.05) is 18.7 Å². The minimum absolute atomic E-state index is 0.0625. The minimum Gasteiger partial charge on any atom is -0.497 e. The molecule has 1 saturated carbocycles. The number of aryl methyl sites for hydroxylation is 2. The Morgan fingerprint density at radius 3 is 2.17 bits per heavy atom. The second kappa shape index (κ2) is 15.4. The first-order chi connectivity index (χ1) is 22.0. The first kappa shape index (κ1) is 34.6. The standard InChI is InChI=1S/C35H45N3O7S/c1-7-31(35(40)36-27-12-8-9-13-27)37(22-26-11-10-14-29(20-26)43-4)34(39)23-38(28-18-24(2)17-25(3)19-28)46(41,42)30-15-16-32(44-5)33(21-30)45-6/h10-11,14-21,27,31H,7-9,12-13,22-23H2,1-6H3,(H,36,40). The van der Waals surface area contributed by atoms with Gasteiger partial charge in [0.15, 0.2) is 11.5 Å². The quantitative estimate of drug-likeness (QED) is 0.249. The highest BCUT2D eigenvalue weighted by molar-refractivity contribution is 7.92. The van der Waals surface area contributed by atoms with Crippen molar-refractivity contribution in [3.8, 4) is 17.2 Å². The van der Waals surface area contributed by atoms with Crippen molar-refractivity contribution in [2.75, 3.05) is 32.2 Å². The second-order valence-electron chi connectivity index (χ2n) is 11.7. The second-order valence-corrected chi connectivity index (χ2v) is 13.5. The maximum Gasteiger partial charge on any atom is 0.264 e. The molecule has 0 heterocycles. The summed E-state index contributed by atoms with van der Waals surface area (Å²) in [6.45, 7) is 5.15. The van der Waals surface area contributed by atoms with Gasteiger partial charge in [-0.25, -0.2) is 8.42 Å². The van der Waals surface area contributed by atoms with E-state index in [9.17, 15) is 18.0 Å². The normalized spacial score (nSPS) is 14.0. The Morgan fingerprint density at radius 1 is 0.891 bits per heavy atom. The van der Waals surface area contributed by atoms with Gasteiger partial charge in [-0.3, -0.25) is 13.9 Å². The van der Waals surface area contributed by atoms with Crippen molar-refractivity contribution in [3.05, 3.63) is 77.4 Å². The molecule has 1 unspecified atom stereocenters. The van der Waals surface area contributed by atoms with Crippen LogP contribution in [0.2, 0.25) is 0 Å². The molecule has 0 saturated heterocycles. The van der Waals surface area contributed by atoms with Crippen LogP contribution in [0.1, 0.15) is 55.7 Å². The summed E-state index contributed by atoms with van der Waals surface area (Å²) in [5, 5.41) is 3.14. The molecule has 3 aromatic carbocycles. The Hall–Kier alpha value is -4.25. The number of hydrogen-bond acceptors (Lipinski definition) is 7. The van der Waals surface area contributed by atoms with Crippen LogP contribution in [-0.2, 0) is 26.2 Å². The third kappa shape index (κ3) is 8.12. The zero-order chi connectivity index (χ0) is 33.4. The smallest absolute Gasteiger partial charge is 0.264 e. The fourth-order valence-electron chi connectivity index (χ4n) is 5.98. The zero-order valence-electron chi connectivity index (χ0n) is 27.5. The molecule has 0 aromatic heterocycles.